The standard InChI is InChI=1S/C34H41N3O3/c1-35(33(38)28-16-10-5-11-17-28)31-22-29(32(23-31)27-14-8-4-9-15-27)24-37-20-18-30(19-21-37)36(2)34(39)40-25-26-12-6-3-7-13-26/h3-17,29-32H,18-25H2,1-2H3/t29-,31?,32-/m1/s1. The highest BCUT2D eigenvalue weighted by Crippen LogP contribution is 2.42. The molecule has 5 rings (SSSR count). The molecule has 1 unspecified atom stereocenters. The average Bonchev–Trinajstić information content (AvgIpc) is 3.44. The monoisotopic (exact) mass is 539 g/mol. The second kappa shape index (κ2) is 13.1. The van der Waals surface area contributed by atoms with Gasteiger partial charge in [-0.1, -0.05) is 78.9 Å². The largest absolute Gasteiger partial charge is 0.445 e. The molecule has 1 saturated heterocycles. The van der Waals surface area contributed by atoms with Crippen molar-refractivity contribution in [2.45, 2.75) is 50.3 Å². The molecule has 1 heterocycles. The molecule has 3 aromatic carbocycles. The van der Waals surface area contributed by atoms with E-state index in [2.05, 4.69) is 35.2 Å². The summed E-state index contributed by atoms with van der Waals surface area (Å²) < 4.78 is 5.57. The number of carbonyl (C=O) groups excluding carboxylic acids is 2. The van der Waals surface area contributed by atoms with E-state index in [9.17, 15) is 9.59 Å². The van der Waals surface area contributed by atoms with Gasteiger partial charge in [0, 0.05) is 51.4 Å². The molecule has 1 aliphatic heterocycles. The zero-order valence-corrected chi connectivity index (χ0v) is 23.7. The van der Waals surface area contributed by atoms with E-state index < -0.39 is 0 Å². The fraction of sp³-hybridized carbons (Fsp3) is 0.412. The summed E-state index contributed by atoms with van der Waals surface area (Å²) in [5.74, 6) is 0.996. The molecule has 2 fully saturated rings. The van der Waals surface area contributed by atoms with Crippen molar-refractivity contribution in [2.24, 2.45) is 5.92 Å². The lowest BCUT2D eigenvalue weighted by atomic mass is 9.88. The minimum absolute atomic E-state index is 0.0982. The molecule has 3 aromatic rings. The summed E-state index contributed by atoms with van der Waals surface area (Å²) in [4.78, 5) is 32.2. The molecular formula is C34H41N3O3. The number of carbonyl (C=O) groups is 2. The van der Waals surface area contributed by atoms with Crippen LogP contribution in [-0.2, 0) is 11.3 Å². The van der Waals surface area contributed by atoms with Crippen LogP contribution in [0.15, 0.2) is 91.0 Å². The van der Waals surface area contributed by atoms with E-state index in [-0.39, 0.29) is 24.1 Å². The number of benzene rings is 3. The van der Waals surface area contributed by atoms with E-state index in [0.29, 0.717) is 18.4 Å². The van der Waals surface area contributed by atoms with E-state index >= 15 is 0 Å². The van der Waals surface area contributed by atoms with Crippen LogP contribution in [-0.4, -0.2) is 72.5 Å². The van der Waals surface area contributed by atoms with Crippen molar-refractivity contribution < 1.29 is 14.3 Å². The number of hydrogen-bond donors (Lipinski definition) is 0. The first kappa shape index (κ1) is 27.9. The minimum atomic E-state index is -0.254. The van der Waals surface area contributed by atoms with E-state index in [1.165, 1.54) is 5.56 Å². The summed E-state index contributed by atoms with van der Waals surface area (Å²) in [6.07, 6.45) is 3.61. The Morgan fingerprint density at radius 2 is 1.38 bits per heavy atom. The van der Waals surface area contributed by atoms with Crippen LogP contribution >= 0.6 is 0 Å². The van der Waals surface area contributed by atoms with Crippen molar-refractivity contribution in [2.75, 3.05) is 33.7 Å². The maximum Gasteiger partial charge on any atom is 0.410 e. The smallest absolute Gasteiger partial charge is 0.410 e. The van der Waals surface area contributed by atoms with E-state index in [4.69, 9.17) is 4.74 Å². The fourth-order valence-electron chi connectivity index (χ4n) is 6.46. The first-order chi connectivity index (χ1) is 19.5. The van der Waals surface area contributed by atoms with Crippen molar-refractivity contribution >= 4 is 12.0 Å². The Morgan fingerprint density at radius 1 is 0.775 bits per heavy atom. The summed E-state index contributed by atoms with van der Waals surface area (Å²) in [6.45, 7) is 3.23. The van der Waals surface area contributed by atoms with Gasteiger partial charge in [0.15, 0.2) is 0 Å². The van der Waals surface area contributed by atoms with Crippen LogP contribution in [0.3, 0.4) is 0 Å². The number of ether oxygens (including phenoxy) is 1. The van der Waals surface area contributed by atoms with E-state index in [0.717, 1.165) is 56.4 Å². The molecule has 2 aliphatic rings. The number of amides is 2. The highest BCUT2D eigenvalue weighted by Gasteiger charge is 2.39. The summed E-state index contributed by atoms with van der Waals surface area (Å²) in [5, 5.41) is 0. The van der Waals surface area contributed by atoms with Crippen molar-refractivity contribution in [1.29, 1.82) is 0 Å². The normalized spacial score (nSPS) is 21.6. The number of hydrogen-bond acceptors (Lipinski definition) is 4. The molecule has 1 aliphatic carbocycles. The molecule has 0 N–H and O–H groups in total. The maximum atomic E-state index is 13.2. The SMILES string of the molecule is CN(C(=O)OCc1ccccc1)C1CCN(C[C@H]2CC(N(C)C(=O)c3ccccc3)C[C@@H]2c2ccccc2)CC1. The maximum absolute atomic E-state index is 13.2. The number of nitrogens with zero attached hydrogens (tertiary/aromatic N) is 3. The third-order valence-electron chi connectivity index (χ3n) is 8.88. The lowest BCUT2D eigenvalue weighted by Crippen LogP contribution is -2.47. The van der Waals surface area contributed by atoms with Crippen LogP contribution in [0.25, 0.3) is 0 Å². The Bertz CT molecular complexity index is 1230. The van der Waals surface area contributed by atoms with Gasteiger partial charge in [-0.05, 0) is 60.8 Å². The van der Waals surface area contributed by atoms with Crippen molar-refractivity contribution in [3.8, 4) is 0 Å². The number of likely N-dealkylation sites (tertiary alicyclic amines) is 1. The van der Waals surface area contributed by atoms with Crippen molar-refractivity contribution in [3.63, 3.8) is 0 Å². The molecule has 6 nitrogen and oxygen atoms in total. The van der Waals surface area contributed by atoms with Crippen LogP contribution in [0.4, 0.5) is 4.79 Å². The van der Waals surface area contributed by atoms with E-state index in [1.807, 2.05) is 79.7 Å². The van der Waals surface area contributed by atoms with Gasteiger partial charge >= 0.3 is 6.09 Å². The van der Waals surface area contributed by atoms with Crippen LogP contribution in [0.1, 0.15) is 53.1 Å². The predicted molar refractivity (Wildman–Crippen MR) is 158 cm³/mol. The quantitative estimate of drug-likeness (QED) is 0.350. The zero-order valence-electron chi connectivity index (χ0n) is 23.7. The fourth-order valence-corrected chi connectivity index (χ4v) is 6.46. The number of piperidine rings is 1. The summed E-state index contributed by atoms with van der Waals surface area (Å²) in [7, 11) is 3.82. The van der Waals surface area contributed by atoms with Crippen LogP contribution < -0.4 is 0 Å². The molecule has 0 spiro atoms. The second-order valence-electron chi connectivity index (χ2n) is 11.4. The minimum Gasteiger partial charge on any atom is -0.445 e. The summed E-state index contributed by atoms with van der Waals surface area (Å²) >= 11 is 0. The van der Waals surface area contributed by atoms with Gasteiger partial charge in [-0.3, -0.25) is 4.79 Å². The van der Waals surface area contributed by atoms with Gasteiger partial charge in [0.25, 0.3) is 5.91 Å². The van der Waals surface area contributed by atoms with Crippen molar-refractivity contribution in [1.82, 2.24) is 14.7 Å². The highest BCUT2D eigenvalue weighted by molar-refractivity contribution is 5.94. The topological polar surface area (TPSA) is 53.1 Å². The van der Waals surface area contributed by atoms with Gasteiger partial charge in [-0.25, -0.2) is 4.79 Å². The van der Waals surface area contributed by atoms with Crippen LogP contribution in [0.5, 0.6) is 0 Å². The van der Waals surface area contributed by atoms with Crippen LogP contribution in [0, 0.1) is 5.92 Å². The Labute approximate surface area is 238 Å². The first-order valence-electron chi connectivity index (χ1n) is 14.5. The predicted octanol–water partition coefficient (Wildman–Crippen LogP) is 6.05. The molecular weight excluding hydrogens is 498 g/mol. The highest BCUT2D eigenvalue weighted by atomic mass is 16.6. The Morgan fingerprint density at radius 3 is 2.02 bits per heavy atom. The number of rotatable bonds is 8. The lowest BCUT2D eigenvalue weighted by Gasteiger charge is -2.38. The summed E-state index contributed by atoms with van der Waals surface area (Å²) in [6, 6.07) is 30.6. The molecule has 0 aromatic heterocycles. The van der Waals surface area contributed by atoms with Gasteiger partial charge in [0.05, 0.1) is 0 Å². The Kier molecular flexibility index (Phi) is 9.17. The second-order valence-corrected chi connectivity index (χ2v) is 11.4. The van der Waals surface area contributed by atoms with Crippen molar-refractivity contribution in [3.05, 3.63) is 108 Å². The third-order valence-corrected chi connectivity index (χ3v) is 8.88. The van der Waals surface area contributed by atoms with Gasteiger partial charge in [-0.15, -0.1) is 0 Å². The Balaban J connectivity index is 1.17. The first-order valence-corrected chi connectivity index (χ1v) is 14.5. The van der Waals surface area contributed by atoms with E-state index in [1.54, 1.807) is 4.90 Å². The average molecular weight is 540 g/mol. The molecule has 6 heteroatoms. The van der Waals surface area contributed by atoms with Gasteiger partial charge < -0.3 is 19.4 Å². The summed E-state index contributed by atoms with van der Waals surface area (Å²) in [5.41, 5.74) is 3.11. The third kappa shape index (κ3) is 6.73. The Hall–Kier alpha value is -3.64. The molecule has 0 radical (unpaired) electrons. The molecule has 3 atom stereocenters. The molecule has 0 bridgehead atoms. The van der Waals surface area contributed by atoms with Gasteiger partial charge in [0.1, 0.15) is 6.61 Å². The molecule has 40 heavy (non-hydrogen) atoms. The molecule has 2 amide bonds. The molecule has 1 saturated carbocycles. The zero-order chi connectivity index (χ0) is 27.9. The van der Waals surface area contributed by atoms with Gasteiger partial charge in [-0.2, -0.15) is 0 Å². The van der Waals surface area contributed by atoms with Gasteiger partial charge in [0.2, 0.25) is 0 Å². The molecule has 210 valence electrons. The van der Waals surface area contributed by atoms with Crippen LogP contribution in [0.2, 0.25) is 0 Å². The lowest BCUT2D eigenvalue weighted by molar-refractivity contribution is 0.0676.